The molecule has 0 spiro atoms. The molecule has 0 saturated heterocycles. The van der Waals surface area contributed by atoms with E-state index in [9.17, 15) is 0 Å². The molecule has 7 nitrogen and oxygen atoms in total. The Morgan fingerprint density at radius 2 is 1.53 bits per heavy atom. The van der Waals surface area contributed by atoms with Gasteiger partial charge in [-0.25, -0.2) is 0 Å². The third-order valence-corrected chi connectivity index (χ3v) is 4.24. The predicted octanol–water partition coefficient (Wildman–Crippen LogP) is 4.15. The summed E-state index contributed by atoms with van der Waals surface area (Å²) in [5.74, 6) is 1.54. The number of oxime groups is 1. The fourth-order valence-corrected chi connectivity index (χ4v) is 2.75. The van der Waals surface area contributed by atoms with Crippen LogP contribution in [0.3, 0.4) is 0 Å². The molecule has 3 aromatic carbocycles. The summed E-state index contributed by atoms with van der Waals surface area (Å²) in [5.41, 5.74) is 8.64. The maximum atomic E-state index is 6.10. The van der Waals surface area contributed by atoms with E-state index in [1.807, 2.05) is 84.9 Å². The summed E-state index contributed by atoms with van der Waals surface area (Å²) in [6.07, 6.45) is 0. The summed E-state index contributed by atoms with van der Waals surface area (Å²) in [6, 6.07) is 26.8. The first kappa shape index (κ1) is 19.2. The molecule has 0 aliphatic heterocycles. The first-order valence-corrected chi connectivity index (χ1v) is 9.39. The van der Waals surface area contributed by atoms with Gasteiger partial charge in [0.15, 0.2) is 12.4 Å². The van der Waals surface area contributed by atoms with Gasteiger partial charge in [0, 0.05) is 5.56 Å². The molecule has 7 heteroatoms. The Hall–Kier alpha value is -4.13. The maximum Gasteiger partial charge on any atom is 0.257 e. The van der Waals surface area contributed by atoms with E-state index in [2.05, 4.69) is 15.4 Å². The van der Waals surface area contributed by atoms with Crippen LogP contribution in [-0.4, -0.2) is 16.0 Å². The largest absolute Gasteiger partial charge is 0.488 e. The van der Waals surface area contributed by atoms with Gasteiger partial charge >= 0.3 is 0 Å². The average Bonchev–Trinajstić information content (AvgIpc) is 3.28. The minimum atomic E-state index is 0.00751. The van der Waals surface area contributed by atoms with E-state index in [-0.39, 0.29) is 12.4 Å². The first-order valence-electron chi connectivity index (χ1n) is 9.39. The standard InChI is InChI=1S/C23H20N4O3/c24-22(19-13-7-8-14-20(19)28-15-17-9-3-1-4-10-17)27-29-16-21-25-26-23(30-21)18-11-5-2-6-12-18/h1-14H,15-16H2,(H2,24,27). The molecule has 0 unspecified atom stereocenters. The number of aromatic nitrogens is 2. The molecule has 150 valence electrons. The Morgan fingerprint density at radius 1 is 0.833 bits per heavy atom. The van der Waals surface area contributed by atoms with Crippen LogP contribution in [0.4, 0.5) is 0 Å². The first-order chi connectivity index (χ1) is 14.8. The molecule has 0 aliphatic carbocycles. The molecule has 0 radical (unpaired) electrons. The van der Waals surface area contributed by atoms with Crippen molar-refractivity contribution in [1.29, 1.82) is 0 Å². The van der Waals surface area contributed by atoms with Gasteiger partial charge in [-0.1, -0.05) is 65.8 Å². The van der Waals surface area contributed by atoms with Crippen molar-refractivity contribution >= 4 is 5.84 Å². The lowest BCUT2D eigenvalue weighted by molar-refractivity contribution is 0.111. The van der Waals surface area contributed by atoms with Crippen LogP contribution in [0.25, 0.3) is 11.5 Å². The predicted molar refractivity (Wildman–Crippen MR) is 112 cm³/mol. The molecule has 4 rings (SSSR count). The van der Waals surface area contributed by atoms with Gasteiger partial charge in [0.2, 0.25) is 5.89 Å². The topological polar surface area (TPSA) is 95.8 Å². The van der Waals surface area contributed by atoms with Crippen molar-refractivity contribution in [3.63, 3.8) is 0 Å². The number of nitrogens with zero attached hydrogens (tertiary/aromatic N) is 3. The second kappa shape index (κ2) is 9.38. The minimum absolute atomic E-state index is 0.00751. The average molecular weight is 400 g/mol. The number of benzene rings is 3. The van der Waals surface area contributed by atoms with Gasteiger partial charge in [-0.2, -0.15) is 0 Å². The van der Waals surface area contributed by atoms with Crippen LogP contribution in [0.1, 0.15) is 17.0 Å². The lowest BCUT2D eigenvalue weighted by Gasteiger charge is -2.11. The Labute approximate surface area is 173 Å². The van der Waals surface area contributed by atoms with Crippen LogP contribution in [0.15, 0.2) is 94.5 Å². The van der Waals surface area contributed by atoms with Gasteiger partial charge in [0.05, 0.1) is 5.56 Å². The van der Waals surface area contributed by atoms with Gasteiger partial charge in [-0.05, 0) is 29.8 Å². The van der Waals surface area contributed by atoms with Crippen molar-refractivity contribution in [2.75, 3.05) is 0 Å². The van der Waals surface area contributed by atoms with Crippen molar-refractivity contribution in [3.8, 4) is 17.2 Å². The van der Waals surface area contributed by atoms with E-state index in [0.717, 1.165) is 11.1 Å². The van der Waals surface area contributed by atoms with Crippen LogP contribution in [-0.2, 0) is 18.1 Å². The van der Waals surface area contributed by atoms with Gasteiger partial charge in [-0.15, -0.1) is 10.2 Å². The fraction of sp³-hybridized carbons (Fsp3) is 0.0870. The van der Waals surface area contributed by atoms with Crippen molar-refractivity contribution in [2.24, 2.45) is 10.9 Å². The second-order valence-corrected chi connectivity index (χ2v) is 6.39. The van der Waals surface area contributed by atoms with E-state index in [1.165, 1.54) is 0 Å². The summed E-state index contributed by atoms with van der Waals surface area (Å²) in [5, 5.41) is 12.0. The molecular formula is C23H20N4O3. The number of hydrogen-bond donors (Lipinski definition) is 1. The van der Waals surface area contributed by atoms with Gasteiger partial charge in [0.25, 0.3) is 5.89 Å². The van der Waals surface area contributed by atoms with Crippen LogP contribution < -0.4 is 10.5 Å². The van der Waals surface area contributed by atoms with Crippen molar-refractivity contribution < 1.29 is 14.0 Å². The number of hydrogen-bond acceptors (Lipinski definition) is 6. The molecule has 0 fully saturated rings. The Bertz CT molecular complexity index is 1110. The summed E-state index contributed by atoms with van der Waals surface area (Å²) < 4.78 is 11.5. The summed E-state index contributed by atoms with van der Waals surface area (Å²) in [4.78, 5) is 5.31. The third-order valence-electron chi connectivity index (χ3n) is 4.24. The van der Waals surface area contributed by atoms with Crippen molar-refractivity contribution in [3.05, 3.63) is 102 Å². The summed E-state index contributed by atoms with van der Waals surface area (Å²) in [7, 11) is 0. The van der Waals surface area contributed by atoms with E-state index in [0.29, 0.717) is 29.7 Å². The van der Waals surface area contributed by atoms with Crippen molar-refractivity contribution in [1.82, 2.24) is 10.2 Å². The quantitative estimate of drug-likeness (QED) is 0.271. The van der Waals surface area contributed by atoms with Crippen LogP contribution >= 0.6 is 0 Å². The monoisotopic (exact) mass is 400 g/mol. The van der Waals surface area contributed by atoms with Crippen LogP contribution in [0.5, 0.6) is 5.75 Å². The SMILES string of the molecule is N/C(=N/OCc1nnc(-c2ccccc2)o1)c1ccccc1OCc1ccccc1. The summed E-state index contributed by atoms with van der Waals surface area (Å²) in [6.45, 7) is 0.434. The van der Waals surface area contributed by atoms with Gasteiger partial charge < -0.3 is 19.7 Å². The minimum Gasteiger partial charge on any atom is -0.488 e. The van der Waals surface area contributed by atoms with E-state index in [1.54, 1.807) is 0 Å². The van der Waals surface area contributed by atoms with Crippen LogP contribution in [0, 0.1) is 0 Å². The van der Waals surface area contributed by atoms with Gasteiger partial charge in [-0.3, -0.25) is 0 Å². The number of ether oxygens (including phenoxy) is 1. The van der Waals surface area contributed by atoms with Crippen LogP contribution in [0.2, 0.25) is 0 Å². The second-order valence-electron chi connectivity index (χ2n) is 6.39. The molecule has 0 atom stereocenters. The molecule has 0 saturated carbocycles. The number of amidine groups is 1. The lowest BCUT2D eigenvalue weighted by Crippen LogP contribution is -2.15. The Kier molecular flexibility index (Phi) is 6.00. The maximum absolute atomic E-state index is 6.10. The number of rotatable bonds is 8. The molecule has 0 amide bonds. The van der Waals surface area contributed by atoms with E-state index >= 15 is 0 Å². The molecule has 30 heavy (non-hydrogen) atoms. The molecule has 4 aromatic rings. The fourth-order valence-electron chi connectivity index (χ4n) is 2.75. The highest BCUT2D eigenvalue weighted by Crippen LogP contribution is 2.20. The summed E-state index contributed by atoms with van der Waals surface area (Å²) >= 11 is 0. The molecule has 1 heterocycles. The number of nitrogens with two attached hydrogens (primary N) is 1. The third kappa shape index (κ3) is 4.82. The Balaban J connectivity index is 1.39. The molecule has 1 aromatic heterocycles. The highest BCUT2D eigenvalue weighted by molar-refractivity contribution is 5.99. The lowest BCUT2D eigenvalue weighted by atomic mass is 10.2. The Morgan fingerprint density at radius 3 is 2.33 bits per heavy atom. The van der Waals surface area contributed by atoms with Gasteiger partial charge in [0.1, 0.15) is 12.4 Å². The zero-order valence-electron chi connectivity index (χ0n) is 16.1. The normalized spacial score (nSPS) is 11.3. The molecule has 2 N–H and O–H groups in total. The van der Waals surface area contributed by atoms with Crippen molar-refractivity contribution in [2.45, 2.75) is 13.2 Å². The number of para-hydroxylation sites is 1. The van der Waals surface area contributed by atoms with E-state index < -0.39 is 0 Å². The molecule has 0 aliphatic rings. The highest BCUT2D eigenvalue weighted by Gasteiger charge is 2.10. The molecule has 0 bridgehead atoms. The molecular weight excluding hydrogens is 380 g/mol. The zero-order valence-corrected chi connectivity index (χ0v) is 16.1. The highest BCUT2D eigenvalue weighted by atomic mass is 16.6. The zero-order chi connectivity index (χ0) is 20.6. The van der Waals surface area contributed by atoms with E-state index in [4.69, 9.17) is 19.7 Å². The smallest absolute Gasteiger partial charge is 0.257 e.